The minimum Gasteiger partial charge on any atom is -0.378 e. The Morgan fingerprint density at radius 1 is 1.10 bits per heavy atom. The van der Waals surface area contributed by atoms with Gasteiger partial charge in [0, 0.05) is 55.6 Å². The number of ether oxygens (including phenoxy) is 1. The van der Waals surface area contributed by atoms with Crippen molar-refractivity contribution in [3.8, 4) is 0 Å². The molecule has 1 amide bonds. The third-order valence-electron chi connectivity index (χ3n) is 6.08. The normalized spacial score (nSPS) is 25.4. The molecule has 8 heteroatoms. The summed E-state index contributed by atoms with van der Waals surface area (Å²) < 4.78 is 6.48. The second kappa shape index (κ2) is 10.4. The molecule has 0 bridgehead atoms. The van der Waals surface area contributed by atoms with Crippen molar-refractivity contribution >= 4 is 51.8 Å². The third-order valence-corrected chi connectivity index (χ3v) is 6.61. The highest BCUT2D eigenvalue weighted by atomic mass is 127. The van der Waals surface area contributed by atoms with E-state index in [4.69, 9.17) is 4.74 Å². The van der Waals surface area contributed by atoms with Gasteiger partial charge in [0.05, 0.1) is 13.2 Å². The van der Waals surface area contributed by atoms with E-state index in [-0.39, 0.29) is 29.9 Å². The van der Waals surface area contributed by atoms with Crippen LogP contribution in [0.3, 0.4) is 0 Å². The Morgan fingerprint density at radius 3 is 2.38 bits per heavy atom. The lowest BCUT2D eigenvalue weighted by Crippen LogP contribution is -2.50. The molecule has 1 saturated carbocycles. The Bertz CT molecular complexity index is 716. The standard InChI is InChI=1S/C21H29BrN4O2.HI/c1-23-21(24-19-14-18(19)15-2-4-17(22)5-3-15)26-8-6-16(7-9-26)20(27)25-10-12-28-13-11-25;/h2-5,16,18-19H,6-14H2,1H3,(H,23,24);1H. The van der Waals surface area contributed by atoms with Crippen LogP contribution in [0, 0.1) is 5.92 Å². The van der Waals surface area contributed by atoms with Gasteiger partial charge in [-0.15, -0.1) is 24.0 Å². The first-order chi connectivity index (χ1) is 13.7. The average Bonchev–Trinajstić information content (AvgIpc) is 3.52. The zero-order valence-electron chi connectivity index (χ0n) is 16.8. The first kappa shape index (κ1) is 22.8. The number of piperidine rings is 1. The van der Waals surface area contributed by atoms with Crippen molar-refractivity contribution in [3.63, 3.8) is 0 Å². The number of guanidine groups is 1. The molecule has 3 aliphatic rings. The fourth-order valence-electron chi connectivity index (χ4n) is 4.28. The second-order valence-corrected chi connectivity index (χ2v) is 8.81. The lowest BCUT2D eigenvalue weighted by Gasteiger charge is -2.36. The summed E-state index contributed by atoms with van der Waals surface area (Å²) in [6.07, 6.45) is 2.95. The highest BCUT2D eigenvalue weighted by molar-refractivity contribution is 14.0. The van der Waals surface area contributed by atoms with E-state index in [0.717, 1.165) is 55.9 Å². The molecule has 2 aliphatic heterocycles. The summed E-state index contributed by atoms with van der Waals surface area (Å²) >= 11 is 3.50. The number of amides is 1. The summed E-state index contributed by atoms with van der Waals surface area (Å²) in [6.45, 7) is 4.58. The van der Waals surface area contributed by atoms with Gasteiger partial charge in [-0.2, -0.15) is 0 Å². The summed E-state index contributed by atoms with van der Waals surface area (Å²) in [7, 11) is 1.85. The molecular weight excluding hydrogens is 547 g/mol. The van der Waals surface area contributed by atoms with Crippen LogP contribution < -0.4 is 5.32 Å². The molecule has 2 heterocycles. The van der Waals surface area contributed by atoms with Crippen LogP contribution in [0.5, 0.6) is 0 Å². The number of halogens is 2. The van der Waals surface area contributed by atoms with Crippen molar-refractivity contribution in [1.29, 1.82) is 0 Å². The molecule has 1 N–H and O–H groups in total. The predicted octanol–water partition coefficient (Wildman–Crippen LogP) is 3.07. The Kier molecular flexibility index (Phi) is 8.21. The minimum atomic E-state index is 0. The number of nitrogens with one attached hydrogen (secondary N) is 1. The molecule has 160 valence electrons. The zero-order valence-corrected chi connectivity index (χ0v) is 20.8. The van der Waals surface area contributed by atoms with E-state index in [0.29, 0.717) is 31.1 Å². The van der Waals surface area contributed by atoms with E-state index >= 15 is 0 Å². The summed E-state index contributed by atoms with van der Waals surface area (Å²) in [5.74, 6) is 1.99. The lowest BCUT2D eigenvalue weighted by molar-refractivity contribution is -0.140. The summed E-state index contributed by atoms with van der Waals surface area (Å²) in [5, 5.41) is 3.63. The number of hydrogen-bond donors (Lipinski definition) is 1. The van der Waals surface area contributed by atoms with Gasteiger partial charge >= 0.3 is 0 Å². The Labute approximate surface area is 198 Å². The minimum absolute atomic E-state index is 0. The predicted molar refractivity (Wildman–Crippen MR) is 129 cm³/mol. The largest absolute Gasteiger partial charge is 0.378 e. The summed E-state index contributed by atoms with van der Waals surface area (Å²) in [5.41, 5.74) is 1.38. The fraction of sp³-hybridized carbons (Fsp3) is 0.619. The van der Waals surface area contributed by atoms with Gasteiger partial charge in [0.25, 0.3) is 0 Å². The molecule has 0 aromatic heterocycles. The van der Waals surface area contributed by atoms with E-state index in [1.54, 1.807) is 0 Å². The average molecular weight is 577 g/mol. The molecule has 2 unspecified atom stereocenters. The van der Waals surface area contributed by atoms with Crippen molar-refractivity contribution in [1.82, 2.24) is 15.1 Å². The van der Waals surface area contributed by atoms with Crippen LogP contribution >= 0.6 is 39.9 Å². The maximum absolute atomic E-state index is 12.7. The van der Waals surface area contributed by atoms with Crippen molar-refractivity contribution in [2.45, 2.75) is 31.2 Å². The number of carbonyl (C=O) groups is 1. The van der Waals surface area contributed by atoms with Crippen LogP contribution in [0.2, 0.25) is 0 Å². The molecule has 0 spiro atoms. The third kappa shape index (κ3) is 5.64. The number of likely N-dealkylation sites (tertiary alicyclic amines) is 1. The monoisotopic (exact) mass is 576 g/mol. The van der Waals surface area contributed by atoms with E-state index < -0.39 is 0 Å². The number of hydrogen-bond acceptors (Lipinski definition) is 3. The topological polar surface area (TPSA) is 57.2 Å². The quantitative estimate of drug-likeness (QED) is 0.341. The van der Waals surface area contributed by atoms with Crippen LogP contribution in [0.15, 0.2) is 33.7 Å². The van der Waals surface area contributed by atoms with Gasteiger partial charge in [-0.1, -0.05) is 28.1 Å². The van der Waals surface area contributed by atoms with Gasteiger partial charge in [0.1, 0.15) is 0 Å². The van der Waals surface area contributed by atoms with E-state index in [2.05, 4.69) is 55.4 Å². The second-order valence-electron chi connectivity index (χ2n) is 7.89. The van der Waals surface area contributed by atoms with Gasteiger partial charge in [0.15, 0.2) is 5.96 Å². The highest BCUT2D eigenvalue weighted by Crippen LogP contribution is 2.41. The van der Waals surface area contributed by atoms with Gasteiger partial charge < -0.3 is 19.9 Å². The van der Waals surface area contributed by atoms with Crippen LogP contribution in [-0.2, 0) is 9.53 Å². The highest BCUT2D eigenvalue weighted by Gasteiger charge is 2.40. The molecular formula is C21H30BrIN4O2. The van der Waals surface area contributed by atoms with Crippen LogP contribution in [0.1, 0.15) is 30.7 Å². The SMILES string of the molecule is CN=C(NC1CC1c1ccc(Br)cc1)N1CCC(C(=O)N2CCOCC2)CC1.I. The van der Waals surface area contributed by atoms with Crippen LogP contribution in [-0.4, -0.2) is 74.1 Å². The Balaban J connectivity index is 0.00000240. The number of morpholine rings is 1. The van der Waals surface area contributed by atoms with E-state index in [1.807, 2.05) is 11.9 Å². The van der Waals surface area contributed by atoms with Crippen molar-refractivity contribution < 1.29 is 9.53 Å². The molecule has 1 aliphatic carbocycles. The number of nitrogens with zero attached hydrogens (tertiary/aromatic N) is 3. The van der Waals surface area contributed by atoms with E-state index in [9.17, 15) is 4.79 Å². The molecule has 1 aromatic rings. The maximum atomic E-state index is 12.7. The number of carbonyl (C=O) groups excluding carboxylic acids is 1. The summed E-state index contributed by atoms with van der Waals surface area (Å²) in [4.78, 5) is 21.5. The van der Waals surface area contributed by atoms with Crippen molar-refractivity contribution in [2.24, 2.45) is 10.9 Å². The van der Waals surface area contributed by atoms with Gasteiger partial charge in [0.2, 0.25) is 5.91 Å². The molecule has 3 fully saturated rings. The lowest BCUT2D eigenvalue weighted by atomic mass is 9.95. The molecule has 0 radical (unpaired) electrons. The number of aliphatic imine (C=N–C) groups is 1. The molecule has 2 atom stereocenters. The van der Waals surface area contributed by atoms with Gasteiger partial charge in [-0.25, -0.2) is 0 Å². The zero-order chi connectivity index (χ0) is 19.5. The Hall–Kier alpha value is -0.870. The van der Waals surface area contributed by atoms with Crippen molar-refractivity contribution in [2.75, 3.05) is 46.4 Å². The van der Waals surface area contributed by atoms with Crippen LogP contribution in [0.4, 0.5) is 0 Å². The molecule has 29 heavy (non-hydrogen) atoms. The molecule has 4 rings (SSSR count). The van der Waals surface area contributed by atoms with Crippen LogP contribution in [0.25, 0.3) is 0 Å². The molecule has 1 aromatic carbocycles. The number of benzene rings is 1. The molecule has 2 saturated heterocycles. The van der Waals surface area contributed by atoms with Crippen molar-refractivity contribution in [3.05, 3.63) is 34.3 Å². The molecule has 6 nitrogen and oxygen atoms in total. The number of rotatable bonds is 3. The van der Waals surface area contributed by atoms with Gasteiger partial charge in [-0.05, 0) is 37.0 Å². The first-order valence-electron chi connectivity index (χ1n) is 10.3. The smallest absolute Gasteiger partial charge is 0.225 e. The summed E-state index contributed by atoms with van der Waals surface area (Å²) in [6, 6.07) is 9.06. The fourth-order valence-corrected chi connectivity index (χ4v) is 4.54. The maximum Gasteiger partial charge on any atom is 0.225 e. The van der Waals surface area contributed by atoms with E-state index in [1.165, 1.54) is 5.56 Å². The van der Waals surface area contributed by atoms with Gasteiger partial charge in [-0.3, -0.25) is 9.79 Å². The first-order valence-corrected chi connectivity index (χ1v) is 11.1. The Morgan fingerprint density at radius 2 is 1.76 bits per heavy atom.